The van der Waals surface area contributed by atoms with Crippen LogP contribution in [0.15, 0.2) is 89.7 Å². The molecule has 9 heteroatoms. The molecule has 9 nitrogen and oxygen atoms in total. The van der Waals surface area contributed by atoms with Gasteiger partial charge in [-0.15, -0.1) is 0 Å². The van der Waals surface area contributed by atoms with Gasteiger partial charge in [0.25, 0.3) is 5.56 Å². The van der Waals surface area contributed by atoms with Gasteiger partial charge in [-0.05, 0) is 25.1 Å². The number of carbonyl (C=O) groups excluding carboxylic acids is 1. The highest BCUT2D eigenvalue weighted by atomic mass is 16.4. The number of nitrogens with one attached hydrogen (secondary N) is 1. The molecule has 0 atom stereocenters. The normalized spacial score (nSPS) is 10.9. The molecule has 0 spiro atoms. The average Bonchev–Trinajstić information content (AvgIpc) is 3.30. The zero-order valence-corrected chi connectivity index (χ0v) is 19.3. The van der Waals surface area contributed by atoms with Crippen molar-refractivity contribution in [3.63, 3.8) is 0 Å². The Hall–Kier alpha value is -5.05. The second-order valence-corrected chi connectivity index (χ2v) is 8.24. The minimum Gasteiger partial charge on any atom is -0.476 e. The first-order valence-electron chi connectivity index (χ1n) is 11.2. The summed E-state index contributed by atoms with van der Waals surface area (Å²) in [5.74, 6) is -1.44. The fourth-order valence-electron chi connectivity index (χ4n) is 3.92. The number of rotatable bonds is 6. The number of carboxylic acid groups (broad SMARTS) is 1. The Balaban J connectivity index is 1.50. The lowest BCUT2D eigenvalue weighted by Gasteiger charge is -2.11. The predicted molar refractivity (Wildman–Crippen MR) is 135 cm³/mol. The van der Waals surface area contributed by atoms with E-state index < -0.39 is 24.0 Å². The van der Waals surface area contributed by atoms with Crippen LogP contribution in [0.2, 0.25) is 0 Å². The van der Waals surface area contributed by atoms with Crippen molar-refractivity contribution in [2.75, 3.05) is 5.32 Å². The van der Waals surface area contributed by atoms with Crippen LogP contribution in [0.4, 0.5) is 5.82 Å². The number of benzene rings is 3. The van der Waals surface area contributed by atoms with Crippen molar-refractivity contribution in [2.45, 2.75) is 13.5 Å². The van der Waals surface area contributed by atoms with E-state index in [-0.39, 0.29) is 16.5 Å². The summed E-state index contributed by atoms with van der Waals surface area (Å²) in [7, 11) is 0. The molecule has 2 heterocycles. The van der Waals surface area contributed by atoms with Crippen LogP contribution in [0.3, 0.4) is 0 Å². The zero-order chi connectivity index (χ0) is 25.2. The monoisotopic (exact) mass is 479 g/mol. The number of fused-ring (bicyclic) bond motifs is 1. The standard InChI is InChI=1S/C27H21N5O4/c1-17-11-13-18(14-12-17)22-15-23(32(29-22)19-7-3-2-4-8-19)28-24(33)16-31-26(34)21-10-6-5-9-20(21)25(30-31)27(35)36/h2-15H,16H2,1H3,(H,28,33)(H,35,36). The Morgan fingerprint density at radius 3 is 2.25 bits per heavy atom. The van der Waals surface area contributed by atoms with Gasteiger partial charge in [-0.25, -0.2) is 14.2 Å². The molecule has 1 amide bonds. The molecular formula is C27H21N5O4. The molecule has 0 bridgehead atoms. The largest absolute Gasteiger partial charge is 0.476 e. The lowest BCUT2D eigenvalue weighted by Crippen LogP contribution is -2.31. The molecule has 0 aliphatic heterocycles. The first-order valence-corrected chi connectivity index (χ1v) is 11.2. The second-order valence-electron chi connectivity index (χ2n) is 8.24. The van der Waals surface area contributed by atoms with Crippen LogP contribution in [0.25, 0.3) is 27.7 Å². The summed E-state index contributed by atoms with van der Waals surface area (Å²) in [5, 5.41) is 21.4. The molecule has 2 aromatic heterocycles. The molecule has 3 aromatic carbocycles. The third-order valence-electron chi connectivity index (χ3n) is 5.69. The van der Waals surface area contributed by atoms with Crippen LogP contribution < -0.4 is 10.9 Å². The van der Waals surface area contributed by atoms with Crippen LogP contribution in [0.5, 0.6) is 0 Å². The molecule has 0 aliphatic carbocycles. The van der Waals surface area contributed by atoms with Gasteiger partial charge < -0.3 is 10.4 Å². The Morgan fingerprint density at radius 1 is 0.889 bits per heavy atom. The Kier molecular flexibility index (Phi) is 5.87. The highest BCUT2D eigenvalue weighted by molar-refractivity contribution is 6.01. The van der Waals surface area contributed by atoms with Gasteiger partial charge in [0, 0.05) is 17.0 Å². The quantitative estimate of drug-likeness (QED) is 0.381. The molecule has 5 rings (SSSR count). The molecule has 0 radical (unpaired) electrons. The molecule has 0 unspecified atom stereocenters. The van der Waals surface area contributed by atoms with Gasteiger partial charge >= 0.3 is 5.97 Å². The molecule has 5 aromatic rings. The number of carbonyl (C=O) groups is 2. The molecular weight excluding hydrogens is 458 g/mol. The molecule has 36 heavy (non-hydrogen) atoms. The van der Waals surface area contributed by atoms with Crippen LogP contribution >= 0.6 is 0 Å². The van der Waals surface area contributed by atoms with Crippen molar-refractivity contribution < 1.29 is 14.7 Å². The van der Waals surface area contributed by atoms with E-state index in [1.54, 1.807) is 22.9 Å². The van der Waals surface area contributed by atoms with Crippen molar-refractivity contribution in [3.05, 3.63) is 107 Å². The predicted octanol–water partition coefficient (Wildman–Crippen LogP) is 3.89. The van der Waals surface area contributed by atoms with E-state index in [9.17, 15) is 19.5 Å². The summed E-state index contributed by atoms with van der Waals surface area (Å²) in [6, 6.07) is 25.2. The van der Waals surface area contributed by atoms with Crippen molar-refractivity contribution >= 4 is 28.5 Å². The zero-order valence-electron chi connectivity index (χ0n) is 19.3. The van der Waals surface area contributed by atoms with Gasteiger partial charge in [0.05, 0.1) is 16.8 Å². The Bertz CT molecular complexity index is 1650. The minimum absolute atomic E-state index is 0.175. The van der Waals surface area contributed by atoms with Gasteiger partial charge in [0.1, 0.15) is 12.4 Å². The maximum absolute atomic E-state index is 13.0. The second kappa shape index (κ2) is 9.30. The highest BCUT2D eigenvalue weighted by Gasteiger charge is 2.19. The summed E-state index contributed by atoms with van der Waals surface area (Å²) in [6.07, 6.45) is 0. The third kappa shape index (κ3) is 4.37. The number of para-hydroxylation sites is 1. The van der Waals surface area contributed by atoms with Gasteiger partial charge in [0.2, 0.25) is 5.91 Å². The number of aromatic carboxylic acids is 1. The van der Waals surface area contributed by atoms with E-state index in [1.165, 1.54) is 12.1 Å². The number of aryl methyl sites for hydroxylation is 1. The van der Waals surface area contributed by atoms with E-state index in [1.807, 2.05) is 61.5 Å². The van der Waals surface area contributed by atoms with E-state index in [2.05, 4.69) is 15.5 Å². The van der Waals surface area contributed by atoms with E-state index in [0.717, 1.165) is 21.5 Å². The minimum atomic E-state index is -1.29. The summed E-state index contributed by atoms with van der Waals surface area (Å²) in [4.78, 5) is 37.7. The SMILES string of the molecule is Cc1ccc(-c2cc(NC(=O)Cn3nc(C(=O)O)c4ccccc4c3=O)n(-c3ccccc3)n2)cc1. The first kappa shape index (κ1) is 22.7. The average molecular weight is 479 g/mol. The van der Waals surface area contributed by atoms with Crippen molar-refractivity contribution in [2.24, 2.45) is 0 Å². The molecule has 178 valence electrons. The summed E-state index contributed by atoms with van der Waals surface area (Å²) in [5.41, 5.74) is 2.54. The topological polar surface area (TPSA) is 119 Å². The maximum Gasteiger partial charge on any atom is 0.357 e. The summed E-state index contributed by atoms with van der Waals surface area (Å²) < 4.78 is 2.47. The lowest BCUT2D eigenvalue weighted by atomic mass is 10.1. The third-order valence-corrected chi connectivity index (χ3v) is 5.69. The van der Waals surface area contributed by atoms with Gasteiger partial charge in [-0.2, -0.15) is 10.2 Å². The Morgan fingerprint density at radius 2 is 1.56 bits per heavy atom. The van der Waals surface area contributed by atoms with E-state index in [4.69, 9.17) is 0 Å². The molecule has 0 saturated carbocycles. The maximum atomic E-state index is 13.0. The van der Waals surface area contributed by atoms with Crippen molar-refractivity contribution in [1.29, 1.82) is 0 Å². The lowest BCUT2D eigenvalue weighted by molar-refractivity contribution is -0.117. The molecule has 0 saturated heterocycles. The smallest absolute Gasteiger partial charge is 0.357 e. The van der Waals surface area contributed by atoms with Gasteiger partial charge in [0.15, 0.2) is 5.69 Å². The Labute approximate surface area is 205 Å². The first-order chi connectivity index (χ1) is 17.4. The van der Waals surface area contributed by atoms with Crippen molar-refractivity contribution in [3.8, 4) is 16.9 Å². The van der Waals surface area contributed by atoms with Crippen LogP contribution in [-0.2, 0) is 11.3 Å². The van der Waals surface area contributed by atoms with Crippen LogP contribution in [-0.4, -0.2) is 36.5 Å². The summed E-state index contributed by atoms with van der Waals surface area (Å²) >= 11 is 0. The van der Waals surface area contributed by atoms with Crippen LogP contribution in [0.1, 0.15) is 16.1 Å². The van der Waals surface area contributed by atoms with Crippen molar-refractivity contribution in [1.82, 2.24) is 19.6 Å². The van der Waals surface area contributed by atoms with Gasteiger partial charge in [-0.3, -0.25) is 9.59 Å². The number of hydrogen-bond donors (Lipinski definition) is 2. The number of amides is 1. The fourth-order valence-corrected chi connectivity index (χ4v) is 3.92. The number of anilines is 1. The molecule has 2 N–H and O–H groups in total. The number of nitrogens with zero attached hydrogens (tertiary/aromatic N) is 4. The number of carboxylic acids is 1. The fraction of sp³-hybridized carbons (Fsp3) is 0.0741. The van der Waals surface area contributed by atoms with E-state index >= 15 is 0 Å². The molecule has 0 aliphatic rings. The summed E-state index contributed by atoms with van der Waals surface area (Å²) in [6.45, 7) is 1.53. The van der Waals surface area contributed by atoms with E-state index in [0.29, 0.717) is 11.5 Å². The highest BCUT2D eigenvalue weighted by Crippen LogP contribution is 2.25. The van der Waals surface area contributed by atoms with Gasteiger partial charge in [-0.1, -0.05) is 66.2 Å². The number of hydrogen-bond acceptors (Lipinski definition) is 5. The van der Waals surface area contributed by atoms with Crippen LogP contribution in [0, 0.1) is 6.92 Å². The molecule has 0 fully saturated rings. The number of aromatic nitrogens is 4.